The van der Waals surface area contributed by atoms with Crippen LogP contribution in [0.4, 0.5) is 5.69 Å². The molecule has 158 valence electrons. The summed E-state index contributed by atoms with van der Waals surface area (Å²) >= 11 is 5.94. The third-order valence-electron chi connectivity index (χ3n) is 5.00. The topological polar surface area (TPSA) is 67.6 Å². The van der Waals surface area contributed by atoms with Gasteiger partial charge in [0.05, 0.1) is 10.6 Å². The summed E-state index contributed by atoms with van der Waals surface area (Å²) in [5.74, 6) is 0.0246. The van der Waals surface area contributed by atoms with Crippen molar-refractivity contribution < 1.29 is 17.6 Å². The number of nitrogens with zero attached hydrogens (tertiary/aromatic N) is 1. The summed E-state index contributed by atoms with van der Waals surface area (Å²) in [6, 6.07) is 19.3. The average Bonchev–Trinajstić information content (AvgIpc) is 3.13. The molecule has 0 atom stereocenters. The molecule has 0 bridgehead atoms. The number of aryl methyl sites for hydroxylation is 2. The Morgan fingerprint density at radius 1 is 0.968 bits per heavy atom. The van der Waals surface area contributed by atoms with Gasteiger partial charge in [0.25, 0.3) is 15.9 Å². The number of anilines is 1. The van der Waals surface area contributed by atoms with E-state index < -0.39 is 15.9 Å². The molecule has 0 N–H and O–H groups in total. The number of hydrogen-bond acceptors (Lipinski definition) is 4. The maximum atomic E-state index is 13.6. The lowest BCUT2D eigenvalue weighted by Gasteiger charge is -2.23. The van der Waals surface area contributed by atoms with Crippen molar-refractivity contribution in [1.82, 2.24) is 0 Å². The van der Waals surface area contributed by atoms with Crippen LogP contribution in [0.15, 0.2) is 82.1 Å². The number of benzene rings is 3. The van der Waals surface area contributed by atoms with Crippen LogP contribution in [0, 0.1) is 6.92 Å². The van der Waals surface area contributed by atoms with E-state index in [0.29, 0.717) is 21.8 Å². The smallest absolute Gasteiger partial charge is 0.272 e. The molecule has 5 nitrogen and oxygen atoms in total. The zero-order valence-electron chi connectivity index (χ0n) is 17.0. The van der Waals surface area contributed by atoms with Gasteiger partial charge in [-0.05, 0) is 79.6 Å². The fourth-order valence-corrected chi connectivity index (χ4v) is 4.90. The molecule has 0 aliphatic carbocycles. The number of hydrogen-bond donors (Lipinski definition) is 0. The molecule has 1 heterocycles. The van der Waals surface area contributed by atoms with Crippen LogP contribution in [-0.2, 0) is 16.4 Å². The summed E-state index contributed by atoms with van der Waals surface area (Å²) in [5, 5.41) is 1.16. The first-order chi connectivity index (χ1) is 14.8. The van der Waals surface area contributed by atoms with Gasteiger partial charge in [-0.2, -0.15) is 4.31 Å². The number of carbonyl (C=O) groups excluding carboxylic acids is 1. The minimum Gasteiger partial charge on any atom is -0.461 e. The Bertz CT molecular complexity index is 1360. The fourth-order valence-electron chi connectivity index (χ4n) is 3.37. The number of furan rings is 1. The minimum atomic E-state index is -4.18. The van der Waals surface area contributed by atoms with E-state index in [4.69, 9.17) is 16.0 Å². The highest BCUT2D eigenvalue weighted by Gasteiger charge is 2.32. The molecule has 0 saturated heterocycles. The van der Waals surface area contributed by atoms with Crippen molar-refractivity contribution in [3.63, 3.8) is 0 Å². The number of amides is 1. The monoisotopic (exact) mass is 453 g/mol. The lowest BCUT2D eigenvalue weighted by Crippen LogP contribution is -2.37. The Hall–Kier alpha value is -3.09. The third kappa shape index (κ3) is 4.09. The molecular weight excluding hydrogens is 434 g/mol. The summed E-state index contributed by atoms with van der Waals surface area (Å²) < 4.78 is 33.6. The molecule has 0 aliphatic heterocycles. The fraction of sp³-hybridized carbons (Fsp3) is 0.125. The van der Waals surface area contributed by atoms with Gasteiger partial charge >= 0.3 is 0 Å². The van der Waals surface area contributed by atoms with Crippen LogP contribution in [0.2, 0.25) is 5.02 Å². The molecule has 0 saturated carbocycles. The van der Waals surface area contributed by atoms with E-state index in [9.17, 15) is 13.2 Å². The molecule has 1 aromatic heterocycles. The summed E-state index contributed by atoms with van der Waals surface area (Å²) in [6.07, 6.45) is 0.782. The number of fused-ring (bicyclic) bond motifs is 1. The number of carbonyl (C=O) groups is 1. The quantitative estimate of drug-likeness (QED) is 0.372. The maximum absolute atomic E-state index is 13.6. The summed E-state index contributed by atoms with van der Waals surface area (Å²) in [4.78, 5) is 13.5. The Morgan fingerprint density at radius 3 is 2.29 bits per heavy atom. The van der Waals surface area contributed by atoms with Gasteiger partial charge in [-0.3, -0.25) is 4.79 Å². The zero-order valence-corrected chi connectivity index (χ0v) is 18.6. The van der Waals surface area contributed by atoms with Crippen molar-refractivity contribution in [3.05, 3.63) is 94.7 Å². The molecule has 31 heavy (non-hydrogen) atoms. The Morgan fingerprint density at radius 2 is 1.65 bits per heavy atom. The van der Waals surface area contributed by atoms with E-state index >= 15 is 0 Å². The summed E-state index contributed by atoms with van der Waals surface area (Å²) in [6.45, 7) is 3.80. The first-order valence-electron chi connectivity index (χ1n) is 9.74. The lowest BCUT2D eigenvalue weighted by molar-refractivity contribution is 0.101. The Balaban J connectivity index is 1.88. The predicted molar refractivity (Wildman–Crippen MR) is 122 cm³/mol. The van der Waals surface area contributed by atoms with Crippen LogP contribution >= 0.6 is 11.6 Å². The maximum Gasteiger partial charge on any atom is 0.272 e. The van der Waals surface area contributed by atoms with Crippen LogP contribution in [0.5, 0.6) is 0 Å². The van der Waals surface area contributed by atoms with E-state index in [1.54, 1.807) is 48.5 Å². The molecular formula is C24H20ClNO4S. The van der Waals surface area contributed by atoms with Gasteiger partial charge < -0.3 is 4.42 Å². The average molecular weight is 454 g/mol. The van der Waals surface area contributed by atoms with Gasteiger partial charge in [0, 0.05) is 16.0 Å². The van der Waals surface area contributed by atoms with E-state index in [2.05, 4.69) is 0 Å². The van der Waals surface area contributed by atoms with Gasteiger partial charge in [0.15, 0.2) is 0 Å². The van der Waals surface area contributed by atoms with Crippen LogP contribution in [0.1, 0.15) is 28.6 Å². The molecule has 4 rings (SSSR count). The van der Waals surface area contributed by atoms with Gasteiger partial charge in [-0.1, -0.05) is 30.7 Å². The van der Waals surface area contributed by atoms with Gasteiger partial charge in [0.1, 0.15) is 11.3 Å². The van der Waals surface area contributed by atoms with Crippen molar-refractivity contribution in [3.8, 4) is 0 Å². The van der Waals surface area contributed by atoms with Crippen molar-refractivity contribution in [2.45, 2.75) is 25.2 Å². The Kier molecular flexibility index (Phi) is 5.60. The van der Waals surface area contributed by atoms with Crippen LogP contribution in [-0.4, -0.2) is 14.3 Å². The SMILES string of the molecule is CCc1ccc(S(=O)(=O)N(C(=O)c2ccc(Cl)cc2)c2ccc3oc(C)cc3c2)cc1. The molecule has 0 fully saturated rings. The van der Waals surface area contributed by atoms with Crippen molar-refractivity contribution in [2.75, 3.05) is 4.31 Å². The van der Waals surface area contributed by atoms with Gasteiger partial charge in [-0.15, -0.1) is 0 Å². The number of halogens is 1. The first kappa shape index (κ1) is 21.2. The molecule has 0 radical (unpaired) electrons. The van der Waals surface area contributed by atoms with Gasteiger partial charge in [-0.25, -0.2) is 8.42 Å². The summed E-state index contributed by atoms with van der Waals surface area (Å²) in [5.41, 5.74) is 2.06. The number of sulfonamides is 1. The molecule has 0 spiro atoms. The highest BCUT2D eigenvalue weighted by Crippen LogP contribution is 2.30. The van der Waals surface area contributed by atoms with E-state index in [1.165, 1.54) is 24.3 Å². The lowest BCUT2D eigenvalue weighted by atomic mass is 10.2. The predicted octanol–water partition coefficient (Wildman–Crippen LogP) is 5.99. The van der Waals surface area contributed by atoms with E-state index in [-0.39, 0.29) is 16.1 Å². The van der Waals surface area contributed by atoms with Crippen LogP contribution < -0.4 is 4.31 Å². The van der Waals surface area contributed by atoms with Crippen molar-refractivity contribution in [1.29, 1.82) is 0 Å². The second-order valence-corrected chi connectivity index (χ2v) is 9.38. The molecule has 3 aromatic carbocycles. The zero-order chi connectivity index (χ0) is 22.2. The molecule has 7 heteroatoms. The molecule has 0 unspecified atom stereocenters. The van der Waals surface area contributed by atoms with Crippen molar-refractivity contribution >= 4 is 44.2 Å². The largest absolute Gasteiger partial charge is 0.461 e. The van der Waals surface area contributed by atoms with Crippen LogP contribution in [0.3, 0.4) is 0 Å². The van der Waals surface area contributed by atoms with Crippen LogP contribution in [0.25, 0.3) is 11.0 Å². The van der Waals surface area contributed by atoms with Crippen molar-refractivity contribution in [2.24, 2.45) is 0 Å². The highest BCUT2D eigenvalue weighted by atomic mass is 35.5. The first-order valence-corrected chi connectivity index (χ1v) is 11.6. The minimum absolute atomic E-state index is 0.0375. The number of rotatable bonds is 5. The second kappa shape index (κ2) is 8.21. The normalized spacial score (nSPS) is 11.6. The third-order valence-corrected chi connectivity index (χ3v) is 6.98. The molecule has 4 aromatic rings. The second-order valence-electron chi connectivity index (χ2n) is 7.16. The standard InChI is InChI=1S/C24H20ClNO4S/c1-3-17-4-11-22(12-5-17)31(28,29)26(24(27)18-6-8-20(25)9-7-18)21-10-13-23-19(15-21)14-16(2)30-23/h4-15H,3H2,1-2H3. The molecule has 1 amide bonds. The van der Waals surface area contributed by atoms with Gasteiger partial charge in [0.2, 0.25) is 0 Å². The van der Waals surface area contributed by atoms with E-state index in [0.717, 1.165) is 16.3 Å². The van der Waals surface area contributed by atoms with E-state index in [1.807, 2.05) is 13.8 Å². The summed E-state index contributed by atoms with van der Waals surface area (Å²) in [7, 11) is -4.18. The molecule has 0 aliphatic rings. The highest BCUT2D eigenvalue weighted by molar-refractivity contribution is 7.93. The Labute approximate surface area is 185 Å².